The first-order valence-corrected chi connectivity index (χ1v) is 5.77. The number of carbonyl (C=O) groups is 1. The molecule has 0 aliphatic rings. The predicted octanol–water partition coefficient (Wildman–Crippen LogP) is 2.60. The van der Waals surface area contributed by atoms with Crippen molar-refractivity contribution in [3.05, 3.63) is 22.7 Å². The average Bonchev–Trinajstić information content (AvgIpc) is 2.08. The summed E-state index contributed by atoms with van der Waals surface area (Å²) in [7, 11) is 0. The van der Waals surface area contributed by atoms with E-state index >= 15 is 0 Å². The number of benzene rings is 1. The number of hydrogen-bond donors (Lipinski definition) is 2. The second-order valence-corrected chi connectivity index (χ2v) is 4.67. The lowest BCUT2D eigenvalue weighted by atomic mass is 10.3. The van der Waals surface area contributed by atoms with Crippen LogP contribution < -0.4 is 5.73 Å². The molecule has 1 rings (SSSR count). The molecule has 0 unspecified atom stereocenters. The molecular weight excluding hydrogens is 266 g/mol. The molecule has 14 heavy (non-hydrogen) atoms. The zero-order chi connectivity index (χ0) is 10.6. The largest absolute Gasteiger partial charge is 0.481 e. The zero-order valence-corrected chi connectivity index (χ0v) is 9.77. The van der Waals surface area contributed by atoms with Crippen LogP contribution in [0.3, 0.4) is 0 Å². The molecule has 0 saturated carbocycles. The van der Waals surface area contributed by atoms with E-state index in [1.807, 2.05) is 12.1 Å². The number of rotatable bonds is 4. The predicted molar refractivity (Wildman–Crippen MR) is 61.5 cm³/mol. The maximum absolute atomic E-state index is 10.3. The Hall–Kier alpha value is -0.680. The Morgan fingerprint density at radius 3 is 2.86 bits per heavy atom. The Morgan fingerprint density at radius 2 is 2.29 bits per heavy atom. The lowest BCUT2D eigenvalue weighted by Gasteiger charge is -2.03. The van der Waals surface area contributed by atoms with Crippen LogP contribution in [0.5, 0.6) is 0 Å². The molecule has 0 aliphatic carbocycles. The number of nitrogen functional groups attached to an aromatic ring is 1. The summed E-state index contributed by atoms with van der Waals surface area (Å²) in [4.78, 5) is 11.3. The Morgan fingerprint density at radius 1 is 1.57 bits per heavy atom. The van der Waals surface area contributed by atoms with Crippen LogP contribution in [0.15, 0.2) is 27.6 Å². The first kappa shape index (κ1) is 11.4. The fourth-order valence-corrected chi connectivity index (χ4v) is 2.48. The Kier molecular flexibility index (Phi) is 4.28. The fraction of sp³-hybridized carbons (Fsp3) is 0.222. The molecule has 0 saturated heterocycles. The van der Waals surface area contributed by atoms with Gasteiger partial charge in [0.1, 0.15) is 0 Å². The average molecular weight is 276 g/mol. The summed E-state index contributed by atoms with van der Waals surface area (Å²) in [6.45, 7) is 0. The van der Waals surface area contributed by atoms with Crippen LogP contribution in [0.4, 0.5) is 5.69 Å². The molecule has 1 aromatic carbocycles. The molecule has 0 fully saturated rings. The molecule has 0 heterocycles. The van der Waals surface area contributed by atoms with E-state index in [0.717, 1.165) is 9.37 Å². The summed E-state index contributed by atoms with van der Waals surface area (Å²) in [5.74, 6) is -0.207. The van der Waals surface area contributed by atoms with Gasteiger partial charge in [0.25, 0.3) is 0 Å². The van der Waals surface area contributed by atoms with Gasteiger partial charge < -0.3 is 10.8 Å². The van der Waals surface area contributed by atoms with Crippen molar-refractivity contribution >= 4 is 39.3 Å². The smallest absolute Gasteiger partial charge is 0.304 e. The van der Waals surface area contributed by atoms with E-state index in [-0.39, 0.29) is 6.42 Å². The van der Waals surface area contributed by atoms with Gasteiger partial charge in [-0.1, -0.05) is 0 Å². The Bertz CT molecular complexity index is 344. The molecule has 76 valence electrons. The number of halogens is 1. The van der Waals surface area contributed by atoms with Crippen LogP contribution in [-0.2, 0) is 4.79 Å². The van der Waals surface area contributed by atoms with Crippen LogP contribution in [-0.4, -0.2) is 16.8 Å². The summed E-state index contributed by atoms with van der Waals surface area (Å²) in [5.41, 5.74) is 6.26. The van der Waals surface area contributed by atoms with Crippen LogP contribution in [0.2, 0.25) is 0 Å². The van der Waals surface area contributed by atoms with Crippen molar-refractivity contribution < 1.29 is 9.90 Å². The molecule has 1 aromatic rings. The Labute approximate surface area is 94.8 Å². The van der Waals surface area contributed by atoms with Crippen molar-refractivity contribution in [3.63, 3.8) is 0 Å². The van der Waals surface area contributed by atoms with Gasteiger partial charge in [-0.25, -0.2) is 0 Å². The van der Waals surface area contributed by atoms with E-state index in [4.69, 9.17) is 10.8 Å². The maximum atomic E-state index is 10.3. The topological polar surface area (TPSA) is 63.3 Å². The molecule has 0 atom stereocenters. The number of thioether (sulfide) groups is 1. The molecule has 0 bridgehead atoms. The minimum Gasteiger partial charge on any atom is -0.481 e. The van der Waals surface area contributed by atoms with Gasteiger partial charge in [0.05, 0.1) is 6.42 Å². The van der Waals surface area contributed by atoms with Crippen molar-refractivity contribution in [2.45, 2.75) is 11.3 Å². The second-order valence-electron chi connectivity index (χ2n) is 2.68. The third-order valence-corrected chi connectivity index (χ3v) is 3.52. The highest BCUT2D eigenvalue weighted by atomic mass is 79.9. The maximum Gasteiger partial charge on any atom is 0.304 e. The van der Waals surface area contributed by atoms with E-state index in [0.29, 0.717) is 11.4 Å². The molecule has 0 amide bonds. The minimum atomic E-state index is -0.774. The van der Waals surface area contributed by atoms with Crippen LogP contribution in [0.25, 0.3) is 0 Å². The van der Waals surface area contributed by atoms with Crippen molar-refractivity contribution in [2.24, 2.45) is 0 Å². The van der Waals surface area contributed by atoms with Crippen LogP contribution in [0.1, 0.15) is 6.42 Å². The second kappa shape index (κ2) is 5.26. The van der Waals surface area contributed by atoms with Crippen molar-refractivity contribution in [3.8, 4) is 0 Å². The molecule has 5 heteroatoms. The quantitative estimate of drug-likeness (QED) is 0.655. The van der Waals surface area contributed by atoms with Gasteiger partial charge in [-0.2, -0.15) is 0 Å². The van der Waals surface area contributed by atoms with Gasteiger partial charge in [-0.05, 0) is 34.1 Å². The third-order valence-electron chi connectivity index (χ3n) is 1.53. The first-order chi connectivity index (χ1) is 6.59. The standard InChI is InChI=1S/C9H10BrNO2S/c10-7-5-6(11)1-2-8(7)14-4-3-9(12)13/h1-2,5H,3-4,11H2,(H,12,13). The minimum absolute atomic E-state index is 0.168. The molecule has 0 spiro atoms. The van der Waals surface area contributed by atoms with Gasteiger partial charge in [0.15, 0.2) is 0 Å². The van der Waals surface area contributed by atoms with Gasteiger partial charge in [0, 0.05) is 20.8 Å². The van der Waals surface area contributed by atoms with E-state index in [9.17, 15) is 4.79 Å². The Balaban J connectivity index is 2.55. The van der Waals surface area contributed by atoms with Crippen LogP contribution >= 0.6 is 27.7 Å². The number of nitrogens with two attached hydrogens (primary N) is 1. The molecular formula is C9H10BrNO2S. The van der Waals surface area contributed by atoms with Crippen molar-refractivity contribution in [1.82, 2.24) is 0 Å². The summed E-state index contributed by atoms with van der Waals surface area (Å²) in [6.07, 6.45) is 0.168. The molecule has 0 aliphatic heterocycles. The molecule has 3 N–H and O–H groups in total. The van der Waals surface area contributed by atoms with E-state index in [1.54, 1.807) is 6.07 Å². The number of carboxylic acids is 1. The van der Waals surface area contributed by atoms with E-state index in [2.05, 4.69) is 15.9 Å². The number of carboxylic acid groups (broad SMARTS) is 1. The lowest BCUT2D eigenvalue weighted by molar-refractivity contribution is -0.136. The highest BCUT2D eigenvalue weighted by Gasteiger charge is 2.02. The molecule has 3 nitrogen and oxygen atoms in total. The highest BCUT2D eigenvalue weighted by molar-refractivity contribution is 9.10. The zero-order valence-electron chi connectivity index (χ0n) is 7.37. The normalized spacial score (nSPS) is 10.1. The first-order valence-electron chi connectivity index (χ1n) is 3.99. The third kappa shape index (κ3) is 3.59. The van der Waals surface area contributed by atoms with Crippen molar-refractivity contribution in [1.29, 1.82) is 0 Å². The number of hydrogen-bond acceptors (Lipinski definition) is 3. The number of aliphatic carboxylic acids is 1. The van der Waals surface area contributed by atoms with Crippen LogP contribution in [0, 0.1) is 0 Å². The van der Waals surface area contributed by atoms with Gasteiger partial charge in [-0.3, -0.25) is 4.79 Å². The monoisotopic (exact) mass is 275 g/mol. The summed E-state index contributed by atoms with van der Waals surface area (Å²) >= 11 is 4.87. The summed E-state index contributed by atoms with van der Waals surface area (Å²) in [5, 5.41) is 8.46. The fourth-order valence-electron chi connectivity index (χ4n) is 0.882. The van der Waals surface area contributed by atoms with Gasteiger partial charge in [0.2, 0.25) is 0 Å². The lowest BCUT2D eigenvalue weighted by Crippen LogP contribution is -1.95. The van der Waals surface area contributed by atoms with E-state index in [1.165, 1.54) is 11.8 Å². The molecule has 0 radical (unpaired) electrons. The van der Waals surface area contributed by atoms with E-state index < -0.39 is 5.97 Å². The summed E-state index contributed by atoms with van der Waals surface area (Å²) < 4.78 is 0.910. The number of anilines is 1. The highest BCUT2D eigenvalue weighted by Crippen LogP contribution is 2.29. The van der Waals surface area contributed by atoms with Crippen molar-refractivity contribution in [2.75, 3.05) is 11.5 Å². The van der Waals surface area contributed by atoms with Gasteiger partial charge in [-0.15, -0.1) is 11.8 Å². The SMILES string of the molecule is Nc1ccc(SCCC(=O)O)c(Br)c1. The summed E-state index contributed by atoms with van der Waals surface area (Å²) in [6, 6.07) is 5.49. The molecule has 0 aromatic heterocycles. The van der Waals surface area contributed by atoms with Gasteiger partial charge >= 0.3 is 5.97 Å².